The summed E-state index contributed by atoms with van der Waals surface area (Å²) in [6.07, 6.45) is 0. The van der Waals surface area contributed by atoms with E-state index in [0.717, 1.165) is 33.7 Å². The summed E-state index contributed by atoms with van der Waals surface area (Å²) in [5.74, 6) is 0.897. The van der Waals surface area contributed by atoms with Gasteiger partial charge in [0.1, 0.15) is 5.82 Å². The lowest BCUT2D eigenvalue weighted by atomic mass is 10.0. The van der Waals surface area contributed by atoms with Crippen LogP contribution in [0.4, 0.5) is 0 Å². The highest BCUT2D eigenvalue weighted by molar-refractivity contribution is 5.95. The van der Waals surface area contributed by atoms with Crippen LogP contribution in [0.25, 0.3) is 27.8 Å². The molecule has 0 fully saturated rings. The first kappa shape index (κ1) is 18.9. The van der Waals surface area contributed by atoms with Crippen LogP contribution >= 0.6 is 0 Å². The van der Waals surface area contributed by atoms with Gasteiger partial charge in [0, 0.05) is 16.8 Å². The number of nitrogens with one attached hydrogen (secondary N) is 1. The fourth-order valence-electron chi connectivity index (χ4n) is 3.51. The minimum atomic E-state index is -0.254. The third-order valence-electron chi connectivity index (χ3n) is 4.81. The largest absolute Gasteiger partial charge is 0.347 e. The molecular weight excluding hydrogens is 358 g/mol. The number of aryl methyl sites for hydroxylation is 1. The topological polar surface area (TPSA) is 46.9 Å². The van der Waals surface area contributed by atoms with E-state index < -0.39 is 0 Å². The number of benzene rings is 3. The number of aromatic nitrogens is 2. The number of nitrogens with zero attached hydrogens (tertiary/aromatic N) is 2. The summed E-state index contributed by atoms with van der Waals surface area (Å²) in [5, 5.41) is 2.99. The van der Waals surface area contributed by atoms with Crippen molar-refractivity contribution in [1.82, 2.24) is 14.9 Å². The minimum Gasteiger partial charge on any atom is -0.347 e. The Kier molecular flexibility index (Phi) is 4.71. The molecule has 0 atom stereocenters. The van der Waals surface area contributed by atoms with Gasteiger partial charge in [-0.25, -0.2) is 4.98 Å². The molecule has 1 amide bonds. The van der Waals surface area contributed by atoms with E-state index in [1.54, 1.807) is 0 Å². The molecule has 3 aromatic carbocycles. The van der Waals surface area contributed by atoms with Crippen molar-refractivity contribution in [2.75, 3.05) is 0 Å². The SMILES string of the molecule is Cc1nc2cc(-c3ccc(C(=O)NC(C)(C)C)cc3)ccc2n1-c1ccccc1. The average molecular weight is 383 g/mol. The molecular formula is C25H25N3O. The van der Waals surface area contributed by atoms with Gasteiger partial charge in [-0.05, 0) is 75.2 Å². The Labute approximate surface area is 171 Å². The number of hydrogen-bond donors (Lipinski definition) is 1. The van der Waals surface area contributed by atoms with Crippen molar-refractivity contribution < 1.29 is 4.79 Å². The Bertz CT molecular complexity index is 1170. The van der Waals surface area contributed by atoms with E-state index in [9.17, 15) is 4.79 Å². The number of rotatable bonds is 3. The Morgan fingerprint density at radius 1 is 0.897 bits per heavy atom. The van der Waals surface area contributed by atoms with Gasteiger partial charge < -0.3 is 5.32 Å². The molecule has 0 saturated heterocycles. The molecule has 1 heterocycles. The van der Waals surface area contributed by atoms with Crippen LogP contribution in [-0.2, 0) is 0 Å². The van der Waals surface area contributed by atoms with Gasteiger partial charge >= 0.3 is 0 Å². The number of carbonyl (C=O) groups is 1. The summed E-state index contributed by atoms with van der Waals surface area (Å²) in [4.78, 5) is 17.1. The molecule has 146 valence electrons. The maximum Gasteiger partial charge on any atom is 0.251 e. The second kappa shape index (κ2) is 7.21. The average Bonchev–Trinajstić information content (AvgIpc) is 3.02. The predicted molar refractivity (Wildman–Crippen MR) is 118 cm³/mol. The summed E-state index contributed by atoms with van der Waals surface area (Å²) >= 11 is 0. The number of hydrogen-bond acceptors (Lipinski definition) is 2. The predicted octanol–water partition coefficient (Wildman–Crippen LogP) is 5.53. The van der Waals surface area contributed by atoms with E-state index in [0.29, 0.717) is 5.56 Å². The molecule has 4 rings (SSSR count). The van der Waals surface area contributed by atoms with E-state index in [1.165, 1.54) is 0 Å². The van der Waals surface area contributed by atoms with Crippen LogP contribution in [0, 0.1) is 6.92 Å². The van der Waals surface area contributed by atoms with Crippen LogP contribution in [-0.4, -0.2) is 21.0 Å². The molecule has 0 bridgehead atoms. The van der Waals surface area contributed by atoms with Gasteiger partial charge in [0.2, 0.25) is 0 Å². The van der Waals surface area contributed by atoms with Gasteiger partial charge in [-0.1, -0.05) is 36.4 Å². The molecule has 0 aliphatic heterocycles. The molecule has 4 heteroatoms. The second-order valence-electron chi connectivity index (χ2n) is 8.31. The third-order valence-corrected chi connectivity index (χ3v) is 4.81. The summed E-state index contributed by atoms with van der Waals surface area (Å²) in [5.41, 5.74) is 5.69. The third kappa shape index (κ3) is 3.92. The molecule has 1 aromatic heterocycles. The van der Waals surface area contributed by atoms with Gasteiger partial charge in [-0.3, -0.25) is 9.36 Å². The second-order valence-corrected chi connectivity index (χ2v) is 8.31. The molecule has 4 nitrogen and oxygen atoms in total. The number of para-hydroxylation sites is 1. The number of amides is 1. The van der Waals surface area contributed by atoms with Gasteiger partial charge in [0.05, 0.1) is 11.0 Å². The molecule has 0 saturated carbocycles. The zero-order valence-corrected chi connectivity index (χ0v) is 17.2. The van der Waals surface area contributed by atoms with Gasteiger partial charge in [-0.15, -0.1) is 0 Å². The van der Waals surface area contributed by atoms with Crippen LogP contribution in [0.1, 0.15) is 37.0 Å². The molecule has 0 aliphatic carbocycles. The normalized spacial score (nSPS) is 11.6. The van der Waals surface area contributed by atoms with Crippen molar-refractivity contribution in [2.24, 2.45) is 0 Å². The summed E-state index contributed by atoms with van der Waals surface area (Å²) in [6, 6.07) is 24.3. The highest BCUT2D eigenvalue weighted by atomic mass is 16.1. The standard InChI is InChI=1S/C25H25N3O/c1-17-26-22-16-20(14-15-23(22)28(17)21-8-6-5-7-9-21)18-10-12-19(13-11-18)24(29)27-25(2,3)4/h5-16H,1-4H3,(H,27,29). The summed E-state index contributed by atoms with van der Waals surface area (Å²) < 4.78 is 2.17. The molecule has 4 aromatic rings. The number of carbonyl (C=O) groups excluding carboxylic acids is 1. The Hall–Kier alpha value is -3.40. The Balaban J connectivity index is 1.66. The van der Waals surface area contributed by atoms with Crippen molar-refractivity contribution >= 4 is 16.9 Å². The van der Waals surface area contributed by atoms with Crippen molar-refractivity contribution in [3.63, 3.8) is 0 Å². The maximum atomic E-state index is 12.3. The quantitative estimate of drug-likeness (QED) is 0.506. The van der Waals surface area contributed by atoms with Gasteiger partial charge in [-0.2, -0.15) is 0 Å². The first-order valence-corrected chi connectivity index (χ1v) is 9.79. The fourth-order valence-corrected chi connectivity index (χ4v) is 3.51. The number of fused-ring (bicyclic) bond motifs is 1. The van der Waals surface area contributed by atoms with Crippen LogP contribution in [0.15, 0.2) is 72.8 Å². The van der Waals surface area contributed by atoms with Crippen LogP contribution in [0.2, 0.25) is 0 Å². The Morgan fingerprint density at radius 3 is 2.21 bits per heavy atom. The first-order valence-electron chi connectivity index (χ1n) is 9.79. The highest BCUT2D eigenvalue weighted by Crippen LogP contribution is 2.27. The van der Waals surface area contributed by atoms with Gasteiger partial charge in [0.25, 0.3) is 5.91 Å². The minimum absolute atomic E-state index is 0.0586. The molecule has 0 spiro atoms. The van der Waals surface area contributed by atoms with E-state index in [-0.39, 0.29) is 11.4 Å². The van der Waals surface area contributed by atoms with E-state index in [2.05, 4.69) is 40.2 Å². The molecule has 29 heavy (non-hydrogen) atoms. The van der Waals surface area contributed by atoms with Crippen molar-refractivity contribution in [1.29, 1.82) is 0 Å². The monoisotopic (exact) mass is 383 g/mol. The van der Waals surface area contributed by atoms with E-state index in [4.69, 9.17) is 4.98 Å². The molecule has 0 radical (unpaired) electrons. The zero-order valence-electron chi connectivity index (χ0n) is 17.2. The van der Waals surface area contributed by atoms with E-state index in [1.807, 2.05) is 70.2 Å². The Morgan fingerprint density at radius 2 is 1.55 bits per heavy atom. The van der Waals surface area contributed by atoms with E-state index >= 15 is 0 Å². The van der Waals surface area contributed by atoms with Gasteiger partial charge in [0.15, 0.2) is 0 Å². The maximum absolute atomic E-state index is 12.3. The van der Waals surface area contributed by atoms with Crippen LogP contribution < -0.4 is 5.32 Å². The van der Waals surface area contributed by atoms with Crippen molar-refractivity contribution in [3.8, 4) is 16.8 Å². The van der Waals surface area contributed by atoms with Crippen molar-refractivity contribution in [2.45, 2.75) is 33.2 Å². The zero-order chi connectivity index (χ0) is 20.6. The lowest BCUT2D eigenvalue weighted by molar-refractivity contribution is 0.0919. The first-order chi connectivity index (χ1) is 13.8. The van der Waals surface area contributed by atoms with Crippen LogP contribution in [0.3, 0.4) is 0 Å². The fraction of sp³-hybridized carbons (Fsp3) is 0.200. The summed E-state index contributed by atoms with van der Waals surface area (Å²) in [6.45, 7) is 7.95. The lowest BCUT2D eigenvalue weighted by Gasteiger charge is -2.20. The number of imidazole rings is 1. The molecule has 1 N–H and O–H groups in total. The van der Waals surface area contributed by atoms with Crippen molar-refractivity contribution in [3.05, 3.63) is 84.2 Å². The molecule has 0 aliphatic rings. The van der Waals surface area contributed by atoms with Crippen LogP contribution in [0.5, 0.6) is 0 Å². The molecule has 0 unspecified atom stereocenters. The highest BCUT2D eigenvalue weighted by Gasteiger charge is 2.15. The lowest BCUT2D eigenvalue weighted by Crippen LogP contribution is -2.40. The smallest absolute Gasteiger partial charge is 0.251 e. The summed E-state index contributed by atoms with van der Waals surface area (Å²) in [7, 11) is 0.